The molecular formula is C33H25N7OS3. The van der Waals surface area contributed by atoms with E-state index in [1.807, 2.05) is 41.4 Å². The van der Waals surface area contributed by atoms with Gasteiger partial charge in [-0.1, -0.05) is 30.3 Å². The molecule has 0 spiro atoms. The van der Waals surface area contributed by atoms with Gasteiger partial charge in [-0.15, -0.1) is 22.7 Å². The molecule has 1 fully saturated rings. The van der Waals surface area contributed by atoms with Crippen LogP contribution >= 0.6 is 34.2 Å². The van der Waals surface area contributed by atoms with Gasteiger partial charge in [-0.25, -0.2) is 15.0 Å². The zero-order chi connectivity index (χ0) is 29.0. The average Bonchev–Trinajstić information content (AvgIpc) is 3.91. The summed E-state index contributed by atoms with van der Waals surface area (Å²) in [5, 5.41) is 6.99. The van der Waals surface area contributed by atoms with Crippen molar-refractivity contribution in [2.45, 2.75) is 18.9 Å². The molecule has 44 heavy (non-hydrogen) atoms. The lowest BCUT2D eigenvalue weighted by atomic mass is 9.88. The van der Waals surface area contributed by atoms with Crippen molar-refractivity contribution in [1.29, 1.82) is 0 Å². The van der Waals surface area contributed by atoms with Gasteiger partial charge in [-0.3, -0.25) is 4.90 Å². The summed E-state index contributed by atoms with van der Waals surface area (Å²) in [6, 6.07) is 20.5. The molecule has 9 rings (SSSR count). The lowest BCUT2D eigenvalue weighted by Crippen LogP contribution is -2.37. The summed E-state index contributed by atoms with van der Waals surface area (Å²) in [4.78, 5) is 23.2. The minimum Gasteiger partial charge on any atom is -0.456 e. The Morgan fingerprint density at radius 2 is 1.80 bits per heavy atom. The number of nitrogens with one attached hydrogen (secondary N) is 1. The number of likely N-dealkylation sites (tertiary alicyclic amines) is 1. The molecule has 1 unspecified atom stereocenters. The number of thiazole rings is 2. The fraction of sp³-hybridized carbons (Fsp3) is 0.152. The summed E-state index contributed by atoms with van der Waals surface area (Å²) in [6.45, 7) is 1.90. The van der Waals surface area contributed by atoms with E-state index < -0.39 is 0 Å². The summed E-state index contributed by atoms with van der Waals surface area (Å²) in [6.07, 6.45) is 7.79. The first kappa shape index (κ1) is 25.9. The normalized spacial score (nSPS) is 17.6. The molecule has 0 bridgehead atoms. The van der Waals surface area contributed by atoms with E-state index in [1.54, 1.807) is 28.9 Å². The highest BCUT2D eigenvalue weighted by molar-refractivity contribution is 7.18. The molecule has 1 saturated heterocycles. The van der Waals surface area contributed by atoms with Crippen LogP contribution in [0.15, 0.2) is 100 Å². The predicted octanol–water partition coefficient (Wildman–Crippen LogP) is 8.32. The van der Waals surface area contributed by atoms with E-state index >= 15 is 0 Å². The number of allylic oxidation sites excluding steroid dienone is 1. The van der Waals surface area contributed by atoms with Crippen LogP contribution in [0.3, 0.4) is 0 Å². The van der Waals surface area contributed by atoms with Crippen LogP contribution in [-0.4, -0.2) is 42.3 Å². The molecule has 7 aromatic rings. The highest BCUT2D eigenvalue weighted by Crippen LogP contribution is 2.55. The van der Waals surface area contributed by atoms with Crippen molar-refractivity contribution in [3.05, 3.63) is 117 Å². The lowest BCUT2D eigenvalue weighted by molar-refractivity contribution is 0.439. The standard InChI is InChI=1S/C33H25N7OS3/c1-3-9-23-20(7-1)19-24(41-23)27-28(39-15-5-6-16-39)26(22-11-17-43-38-22)29(31-34-14-18-42-31)40(33-35-12-13-36-33)30(27)32-37-21-8-2-4-10-25(21)44-32/h1-4,7-14,17-19,30H,5-6,15-16H2,(H,35,36). The van der Waals surface area contributed by atoms with E-state index in [0.29, 0.717) is 5.95 Å². The SMILES string of the molecule is c1ccc2oc(C3=C(N4CCCC4)C(c4ccsn4)=C(c4nccs4)N(c4ncc[nH]4)C3c3nc4ccccc4s3)cc2c1. The summed E-state index contributed by atoms with van der Waals surface area (Å²) in [7, 11) is 0. The molecular weight excluding hydrogens is 607 g/mol. The van der Waals surface area contributed by atoms with Crippen molar-refractivity contribution in [3.63, 3.8) is 0 Å². The first-order valence-electron chi connectivity index (χ1n) is 14.5. The largest absolute Gasteiger partial charge is 0.456 e. The van der Waals surface area contributed by atoms with Gasteiger partial charge in [0.1, 0.15) is 27.4 Å². The fourth-order valence-electron chi connectivity index (χ4n) is 6.38. The second-order valence-electron chi connectivity index (χ2n) is 10.8. The van der Waals surface area contributed by atoms with Crippen molar-refractivity contribution in [1.82, 2.24) is 29.2 Å². The van der Waals surface area contributed by atoms with E-state index in [2.05, 4.69) is 57.2 Å². The molecule has 2 aliphatic rings. The molecule has 11 heteroatoms. The lowest BCUT2D eigenvalue weighted by Gasteiger charge is -2.41. The molecule has 0 amide bonds. The van der Waals surface area contributed by atoms with E-state index in [-0.39, 0.29) is 6.04 Å². The van der Waals surface area contributed by atoms with Crippen LogP contribution < -0.4 is 4.90 Å². The van der Waals surface area contributed by atoms with Gasteiger partial charge < -0.3 is 14.3 Å². The Balaban J connectivity index is 1.45. The first-order valence-corrected chi connectivity index (χ1v) is 17.0. The molecule has 7 heterocycles. The van der Waals surface area contributed by atoms with Crippen LogP contribution in [0.25, 0.3) is 38.0 Å². The molecule has 0 saturated carbocycles. The van der Waals surface area contributed by atoms with Crippen molar-refractivity contribution in [2.75, 3.05) is 18.0 Å². The maximum absolute atomic E-state index is 6.76. The Bertz CT molecular complexity index is 2080. The van der Waals surface area contributed by atoms with Crippen LogP contribution in [0, 0.1) is 0 Å². The molecule has 2 aliphatic heterocycles. The monoisotopic (exact) mass is 631 g/mol. The quantitative estimate of drug-likeness (QED) is 0.198. The number of fused-ring (bicyclic) bond motifs is 2. The molecule has 8 nitrogen and oxygen atoms in total. The van der Waals surface area contributed by atoms with E-state index in [4.69, 9.17) is 23.7 Å². The highest BCUT2D eigenvalue weighted by atomic mass is 32.1. The number of hydrogen-bond donors (Lipinski definition) is 1. The van der Waals surface area contributed by atoms with Gasteiger partial charge in [0.2, 0.25) is 5.95 Å². The highest BCUT2D eigenvalue weighted by Gasteiger charge is 2.45. The van der Waals surface area contributed by atoms with Crippen molar-refractivity contribution in [2.24, 2.45) is 0 Å². The fourth-order valence-corrected chi connectivity index (χ4v) is 8.65. The third kappa shape index (κ3) is 4.15. The number of aromatic nitrogens is 5. The van der Waals surface area contributed by atoms with Crippen molar-refractivity contribution < 1.29 is 4.42 Å². The van der Waals surface area contributed by atoms with Crippen LogP contribution in [0.4, 0.5) is 5.95 Å². The summed E-state index contributed by atoms with van der Waals surface area (Å²) >= 11 is 4.79. The number of furan rings is 1. The number of imidazole rings is 1. The average molecular weight is 632 g/mol. The van der Waals surface area contributed by atoms with E-state index in [0.717, 1.165) is 91.1 Å². The van der Waals surface area contributed by atoms with Crippen LogP contribution in [0.5, 0.6) is 0 Å². The third-order valence-electron chi connectivity index (χ3n) is 8.20. The Morgan fingerprint density at radius 1 is 0.909 bits per heavy atom. The molecule has 216 valence electrons. The Morgan fingerprint density at radius 3 is 2.57 bits per heavy atom. The molecule has 1 N–H and O–H groups in total. The van der Waals surface area contributed by atoms with Gasteiger partial charge >= 0.3 is 0 Å². The van der Waals surface area contributed by atoms with Crippen LogP contribution in [0.1, 0.15) is 40.4 Å². The number of benzene rings is 2. The van der Waals surface area contributed by atoms with Crippen LogP contribution in [0.2, 0.25) is 0 Å². The van der Waals surface area contributed by atoms with Gasteiger partial charge in [0.25, 0.3) is 0 Å². The summed E-state index contributed by atoms with van der Waals surface area (Å²) in [5.74, 6) is 1.53. The first-order chi connectivity index (χ1) is 21.8. The number of aromatic amines is 1. The zero-order valence-electron chi connectivity index (χ0n) is 23.4. The van der Waals surface area contributed by atoms with Gasteiger partial charge in [-0.2, -0.15) is 4.37 Å². The Labute approximate surface area is 264 Å². The summed E-state index contributed by atoms with van der Waals surface area (Å²) < 4.78 is 12.8. The van der Waals surface area contributed by atoms with E-state index in [9.17, 15) is 0 Å². The number of rotatable bonds is 6. The minimum atomic E-state index is -0.351. The maximum Gasteiger partial charge on any atom is 0.208 e. The maximum atomic E-state index is 6.76. The molecule has 5 aromatic heterocycles. The summed E-state index contributed by atoms with van der Waals surface area (Å²) in [5.41, 5.74) is 6.93. The van der Waals surface area contributed by atoms with Gasteiger partial charge in [0.05, 0.1) is 32.9 Å². The Hall–Kier alpha value is -4.58. The topological polar surface area (TPSA) is 87.0 Å². The second kappa shape index (κ2) is 10.5. The number of para-hydroxylation sites is 2. The van der Waals surface area contributed by atoms with E-state index in [1.165, 1.54) is 11.5 Å². The van der Waals surface area contributed by atoms with Crippen LogP contribution in [-0.2, 0) is 0 Å². The van der Waals surface area contributed by atoms with Gasteiger partial charge in [0.15, 0.2) is 0 Å². The number of hydrogen-bond acceptors (Lipinski definition) is 10. The van der Waals surface area contributed by atoms with Gasteiger partial charge in [-0.05, 0) is 54.7 Å². The number of anilines is 1. The zero-order valence-corrected chi connectivity index (χ0v) is 25.8. The van der Waals surface area contributed by atoms with Crippen molar-refractivity contribution in [3.8, 4) is 0 Å². The molecule has 0 aliphatic carbocycles. The molecule has 2 aromatic carbocycles. The smallest absolute Gasteiger partial charge is 0.208 e. The number of H-pyrrole nitrogens is 1. The molecule has 1 atom stereocenters. The second-order valence-corrected chi connectivity index (χ2v) is 13.4. The van der Waals surface area contributed by atoms with Crippen molar-refractivity contribution >= 4 is 78.2 Å². The number of nitrogens with zero attached hydrogens (tertiary/aromatic N) is 6. The predicted molar refractivity (Wildman–Crippen MR) is 178 cm³/mol. The third-order valence-corrected chi connectivity index (χ3v) is 10.6. The van der Waals surface area contributed by atoms with Gasteiger partial charge in [0, 0.05) is 53.4 Å². The molecule has 0 radical (unpaired) electrons. The minimum absolute atomic E-state index is 0.351. The Kier molecular flexibility index (Phi) is 6.20.